The summed E-state index contributed by atoms with van der Waals surface area (Å²) in [6.45, 7) is 9.13. The molecule has 19 heavy (non-hydrogen) atoms. The van der Waals surface area contributed by atoms with E-state index in [0.29, 0.717) is 6.10 Å². The van der Waals surface area contributed by atoms with E-state index in [1.54, 1.807) is 0 Å². The van der Waals surface area contributed by atoms with E-state index < -0.39 is 0 Å². The number of hydrogen-bond acceptors (Lipinski definition) is 3. The average Bonchev–Trinajstić information content (AvgIpc) is 2.42. The molecule has 1 N–H and O–H groups in total. The van der Waals surface area contributed by atoms with E-state index in [2.05, 4.69) is 31.1 Å². The second-order valence-electron chi connectivity index (χ2n) is 6.53. The third kappa shape index (κ3) is 4.44. The van der Waals surface area contributed by atoms with Crippen LogP contribution >= 0.6 is 0 Å². The number of nitrogens with one attached hydrogen (secondary N) is 1. The van der Waals surface area contributed by atoms with Crippen LogP contribution in [0.1, 0.15) is 46.0 Å². The van der Waals surface area contributed by atoms with Crippen LogP contribution in [0.5, 0.6) is 0 Å². The fourth-order valence-electron chi connectivity index (χ4n) is 3.91. The van der Waals surface area contributed by atoms with Gasteiger partial charge in [0.2, 0.25) is 0 Å². The third-order valence-electron chi connectivity index (χ3n) is 5.05. The summed E-state index contributed by atoms with van der Waals surface area (Å²) < 4.78 is 5.74. The van der Waals surface area contributed by atoms with Crippen molar-refractivity contribution in [2.24, 2.45) is 11.8 Å². The molecule has 1 aliphatic carbocycles. The van der Waals surface area contributed by atoms with Crippen molar-refractivity contribution in [3.8, 4) is 0 Å². The van der Waals surface area contributed by atoms with Gasteiger partial charge in [0.05, 0.1) is 6.10 Å². The van der Waals surface area contributed by atoms with E-state index in [4.69, 9.17) is 4.74 Å². The Hall–Kier alpha value is -0.120. The summed E-state index contributed by atoms with van der Waals surface area (Å²) in [6.07, 6.45) is 7.12. The number of hydrogen-bond donors (Lipinski definition) is 1. The van der Waals surface area contributed by atoms with Crippen LogP contribution in [0.4, 0.5) is 0 Å². The highest BCUT2D eigenvalue weighted by Gasteiger charge is 2.30. The maximum absolute atomic E-state index is 5.74. The minimum absolute atomic E-state index is 0.520. The standard InChI is InChI=1S/C16H32N2O/c1-4-19-15-7-9-18(10-8-15)12-14-11-13(2)5-6-16(14)17-3/h13-17H,4-12H2,1-3H3. The van der Waals surface area contributed by atoms with E-state index >= 15 is 0 Å². The lowest BCUT2D eigenvalue weighted by molar-refractivity contribution is 0.00732. The van der Waals surface area contributed by atoms with Crippen LogP contribution in [-0.4, -0.2) is 50.3 Å². The summed E-state index contributed by atoms with van der Waals surface area (Å²) in [5.74, 6) is 1.76. The number of piperidine rings is 1. The summed E-state index contributed by atoms with van der Waals surface area (Å²) in [5.41, 5.74) is 0. The molecule has 0 spiro atoms. The van der Waals surface area contributed by atoms with Crippen molar-refractivity contribution in [2.75, 3.05) is 33.3 Å². The van der Waals surface area contributed by atoms with Crippen LogP contribution in [0.2, 0.25) is 0 Å². The molecule has 3 heteroatoms. The SMILES string of the molecule is CCOC1CCN(CC2CC(C)CCC2NC)CC1. The van der Waals surface area contributed by atoms with Crippen LogP contribution in [0.15, 0.2) is 0 Å². The molecule has 3 unspecified atom stereocenters. The molecule has 112 valence electrons. The van der Waals surface area contributed by atoms with E-state index in [-0.39, 0.29) is 0 Å². The minimum Gasteiger partial charge on any atom is -0.378 e. The lowest BCUT2D eigenvalue weighted by Crippen LogP contribution is -2.47. The van der Waals surface area contributed by atoms with E-state index in [1.165, 1.54) is 51.7 Å². The predicted molar refractivity (Wildman–Crippen MR) is 80.4 cm³/mol. The fraction of sp³-hybridized carbons (Fsp3) is 1.00. The number of nitrogens with zero attached hydrogens (tertiary/aromatic N) is 1. The van der Waals surface area contributed by atoms with Gasteiger partial charge in [0.25, 0.3) is 0 Å². The molecule has 0 aromatic heterocycles. The smallest absolute Gasteiger partial charge is 0.0599 e. The maximum atomic E-state index is 5.74. The number of likely N-dealkylation sites (tertiary alicyclic amines) is 1. The van der Waals surface area contributed by atoms with Gasteiger partial charge in [0.1, 0.15) is 0 Å². The molecule has 3 nitrogen and oxygen atoms in total. The molecule has 2 aliphatic rings. The number of rotatable bonds is 5. The van der Waals surface area contributed by atoms with Gasteiger partial charge >= 0.3 is 0 Å². The Kier molecular flexibility index (Phi) is 6.11. The predicted octanol–water partition coefficient (Wildman–Crippen LogP) is 2.51. The van der Waals surface area contributed by atoms with Crippen molar-refractivity contribution in [3.63, 3.8) is 0 Å². The molecule has 2 fully saturated rings. The lowest BCUT2D eigenvalue weighted by atomic mass is 9.78. The first-order valence-electron chi connectivity index (χ1n) is 8.24. The largest absolute Gasteiger partial charge is 0.378 e. The highest BCUT2D eigenvalue weighted by molar-refractivity contribution is 4.86. The highest BCUT2D eigenvalue weighted by Crippen LogP contribution is 2.30. The van der Waals surface area contributed by atoms with Crippen molar-refractivity contribution < 1.29 is 4.74 Å². The van der Waals surface area contributed by atoms with Gasteiger partial charge in [-0.05, 0) is 57.9 Å². The zero-order valence-corrected chi connectivity index (χ0v) is 13.0. The molecular weight excluding hydrogens is 236 g/mol. The molecule has 0 radical (unpaired) electrons. The number of ether oxygens (including phenoxy) is 1. The summed E-state index contributed by atoms with van der Waals surface area (Å²) >= 11 is 0. The Morgan fingerprint density at radius 3 is 2.53 bits per heavy atom. The van der Waals surface area contributed by atoms with E-state index in [9.17, 15) is 0 Å². The molecule has 1 aliphatic heterocycles. The topological polar surface area (TPSA) is 24.5 Å². The first-order chi connectivity index (χ1) is 9.22. The van der Waals surface area contributed by atoms with Gasteiger partial charge < -0.3 is 15.0 Å². The maximum Gasteiger partial charge on any atom is 0.0599 e. The molecule has 2 rings (SSSR count). The Morgan fingerprint density at radius 1 is 1.16 bits per heavy atom. The molecule has 0 aromatic rings. The Balaban J connectivity index is 1.77. The summed E-state index contributed by atoms with van der Waals surface area (Å²) in [7, 11) is 2.13. The molecular formula is C16H32N2O. The molecule has 0 aromatic carbocycles. The zero-order chi connectivity index (χ0) is 13.7. The van der Waals surface area contributed by atoms with Gasteiger partial charge in [-0.25, -0.2) is 0 Å². The molecule has 1 heterocycles. The fourth-order valence-corrected chi connectivity index (χ4v) is 3.91. The first-order valence-corrected chi connectivity index (χ1v) is 8.24. The second-order valence-corrected chi connectivity index (χ2v) is 6.53. The van der Waals surface area contributed by atoms with Crippen molar-refractivity contribution in [3.05, 3.63) is 0 Å². The highest BCUT2D eigenvalue weighted by atomic mass is 16.5. The van der Waals surface area contributed by atoms with Crippen LogP contribution in [0.25, 0.3) is 0 Å². The van der Waals surface area contributed by atoms with Crippen molar-refractivity contribution in [1.29, 1.82) is 0 Å². The molecule has 1 saturated carbocycles. The van der Waals surface area contributed by atoms with Crippen molar-refractivity contribution >= 4 is 0 Å². The van der Waals surface area contributed by atoms with E-state index in [0.717, 1.165) is 24.5 Å². The lowest BCUT2D eigenvalue weighted by Gasteiger charge is -2.40. The van der Waals surface area contributed by atoms with Crippen LogP contribution < -0.4 is 5.32 Å². The summed E-state index contributed by atoms with van der Waals surface area (Å²) in [5, 5.41) is 3.54. The Morgan fingerprint density at radius 2 is 1.89 bits per heavy atom. The zero-order valence-electron chi connectivity index (χ0n) is 13.0. The second kappa shape index (κ2) is 7.61. The molecule has 0 amide bonds. The van der Waals surface area contributed by atoms with Crippen LogP contribution in [-0.2, 0) is 4.74 Å². The Bertz CT molecular complexity index is 251. The van der Waals surface area contributed by atoms with Gasteiger partial charge in [-0.3, -0.25) is 0 Å². The third-order valence-corrected chi connectivity index (χ3v) is 5.05. The van der Waals surface area contributed by atoms with Gasteiger partial charge in [0, 0.05) is 32.3 Å². The quantitative estimate of drug-likeness (QED) is 0.829. The van der Waals surface area contributed by atoms with Gasteiger partial charge in [-0.1, -0.05) is 6.92 Å². The van der Waals surface area contributed by atoms with Gasteiger partial charge in [-0.15, -0.1) is 0 Å². The summed E-state index contributed by atoms with van der Waals surface area (Å²) in [6, 6.07) is 0.737. The molecule has 1 saturated heterocycles. The van der Waals surface area contributed by atoms with Crippen LogP contribution in [0, 0.1) is 11.8 Å². The normalized spacial score (nSPS) is 34.6. The first kappa shape index (κ1) is 15.3. The minimum atomic E-state index is 0.520. The monoisotopic (exact) mass is 268 g/mol. The van der Waals surface area contributed by atoms with Crippen molar-refractivity contribution in [1.82, 2.24) is 10.2 Å². The van der Waals surface area contributed by atoms with Gasteiger partial charge in [-0.2, -0.15) is 0 Å². The van der Waals surface area contributed by atoms with E-state index in [1.807, 2.05) is 0 Å². The van der Waals surface area contributed by atoms with Crippen molar-refractivity contribution in [2.45, 2.75) is 58.1 Å². The average molecular weight is 268 g/mol. The molecule has 3 atom stereocenters. The van der Waals surface area contributed by atoms with Crippen LogP contribution in [0.3, 0.4) is 0 Å². The molecule has 0 bridgehead atoms. The summed E-state index contributed by atoms with van der Waals surface area (Å²) in [4.78, 5) is 2.67. The van der Waals surface area contributed by atoms with Gasteiger partial charge in [0.15, 0.2) is 0 Å². The Labute approximate surface area is 119 Å².